The van der Waals surface area contributed by atoms with Crippen LogP contribution in [-0.2, 0) is 4.79 Å². The minimum absolute atomic E-state index is 0.223. The summed E-state index contributed by atoms with van der Waals surface area (Å²) in [6, 6.07) is 8.59. The van der Waals surface area contributed by atoms with Gasteiger partial charge in [0, 0.05) is 6.20 Å². The second-order valence-corrected chi connectivity index (χ2v) is 5.67. The first-order valence-electron chi connectivity index (χ1n) is 6.80. The quantitative estimate of drug-likeness (QED) is 0.468. The zero-order valence-electron chi connectivity index (χ0n) is 12.0. The van der Waals surface area contributed by atoms with E-state index in [0.29, 0.717) is 15.7 Å². The molecule has 7 heteroatoms. The average molecular weight is 375 g/mol. The Balaban J connectivity index is 1.83. The van der Waals surface area contributed by atoms with Gasteiger partial charge in [-0.25, -0.2) is 9.78 Å². The smallest absolute Gasteiger partial charge is 0.334 e. The van der Waals surface area contributed by atoms with Crippen LogP contribution in [0.25, 0.3) is 0 Å². The van der Waals surface area contributed by atoms with E-state index in [1.807, 2.05) is 0 Å². The van der Waals surface area contributed by atoms with Crippen molar-refractivity contribution in [3.05, 3.63) is 58.3 Å². The van der Waals surface area contributed by atoms with Crippen molar-refractivity contribution in [1.29, 1.82) is 0 Å². The summed E-state index contributed by atoms with van der Waals surface area (Å²) in [6.45, 7) is 1.45. The number of imide groups is 1. The predicted molar refractivity (Wildman–Crippen MR) is 84.0 cm³/mol. The molecule has 0 saturated heterocycles. The van der Waals surface area contributed by atoms with Crippen molar-refractivity contribution in [2.45, 2.75) is 13.0 Å². The lowest BCUT2D eigenvalue weighted by atomic mass is 10.1. The number of amides is 2. The van der Waals surface area contributed by atoms with Crippen LogP contribution in [0.3, 0.4) is 0 Å². The fourth-order valence-electron chi connectivity index (χ4n) is 2.31. The molecule has 6 nitrogen and oxygen atoms in total. The van der Waals surface area contributed by atoms with Crippen LogP contribution < -0.4 is 4.74 Å². The Bertz CT molecular complexity index is 786. The summed E-state index contributed by atoms with van der Waals surface area (Å²) in [5, 5.41) is 0. The van der Waals surface area contributed by atoms with E-state index in [9.17, 15) is 14.4 Å². The Hall–Kier alpha value is -2.54. The van der Waals surface area contributed by atoms with Crippen molar-refractivity contribution in [1.82, 2.24) is 9.88 Å². The van der Waals surface area contributed by atoms with Crippen LogP contribution >= 0.6 is 15.9 Å². The molecule has 0 aliphatic carbocycles. The molecule has 0 saturated carbocycles. The number of hydrogen-bond donors (Lipinski definition) is 0. The van der Waals surface area contributed by atoms with Gasteiger partial charge in [0.1, 0.15) is 10.6 Å². The summed E-state index contributed by atoms with van der Waals surface area (Å²) in [5.41, 5.74) is 0.583. The van der Waals surface area contributed by atoms with E-state index in [1.54, 1.807) is 36.4 Å². The summed E-state index contributed by atoms with van der Waals surface area (Å²) in [7, 11) is 0. The highest BCUT2D eigenvalue weighted by molar-refractivity contribution is 9.10. The number of benzene rings is 1. The fourth-order valence-corrected chi connectivity index (χ4v) is 2.64. The lowest BCUT2D eigenvalue weighted by Gasteiger charge is -2.20. The van der Waals surface area contributed by atoms with Gasteiger partial charge in [-0.05, 0) is 47.1 Å². The van der Waals surface area contributed by atoms with Crippen LogP contribution in [0.15, 0.2) is 47.2 Å². The van der Waals surface area contributed by atoms with Crippen LogP contribution in [0.4, 0.5) is 0 Å². The van der Waals surface area contributed by atoms with E-state index in [2.05, 4.69) is 20.9 Å². The number of hydrogen-bond acceptors (Lipinski definition) is 5. The van der Waals surface area contributed by atoms with Gasteiger partial charge in [-0.3, -0.25) is 14.5 Å². The Morgan fingerprint density at radius 1 is 1.13 bits per heavy atom. The minimum atomic E-state index is -1.05. The summed E-state index contributed by atoms with van der Waals surface area (Å²) >= 11 is 3.17. The lowest BCUT2D eigenvalue weighted by molar-refractivity contribution is -0.138. The molecule has 1 aliphatic rings. The third-order valence-corrected chi connectivity index (χ3v) is 4.08. The highest BCUT2D eigenvalue weighted by Crippen LogP contribution is 2.26. The van der Waals surface area contributed by atoms with Gasteiger partial charge in [0.05, 0.1) is 11.1 Å². The highest BCUT2D eigenvalue weighted by atomic mass is 79.9. The zero-order valence-corrected chi connectivity index (χ0v) is 13.6. The largest absolute Gasteiger partial charge is 0.422 e. The summed E-state index contributed by atoms with van der Waals surface area (Å²) in [5.74, 6) is -1.49. The van der Waals surface area contributed by atoms with E-state index < -0.39 is 23.8 Å². The molecule has 116 valence electrons. The van der Waals surface area contributed by atoms with Crippen LogP contribution in [0, 0.1) is 0 Å². The molecule has 1 atom stereocenters. The molecule has 0 spiro atoms. The van der Waals surface area contributed by atoms with Gasteiger partial charge in [-0.1, -0.05) is 12.1 Å². The second-order valence-electron chi connectivity index (χ2n) is 4.92. The third-order valence-electron chi connectivity index (χ3n) is 3.49. The van der Waals surface area contributed by atoms with E-state index >= 15 is 0 Å². The topological polar surface area (TPSA) is 76.6 Å². The number of aromatic nitrogens is 1. The maximum atomic E-state index is 12.3. The first kappa shape index (κ1) is 15.4. The van der Waals surface area contributed by atoms with Crippen molar-refractivity contribution in [3.63, 3.8) is 0 Å². The van der Waals surface area contributed by atoms with E-state index in [-0.39, 0.29) is 5.75 Å². The number of esters is 1. The Labute approximate surface area is 140 Å². The molecule has 3 rings (SSSR count). The molecule has 1 aromatic heterocycles. The van der Waals surface area contributed by atoms with Crippen molar-refractivity contribution in [2.24, 2.45) is 0 Å². The summed E-state index contributed by atoms with van der Waals surface area (Å²) in [4.78, 5) is 41.8. The highest BCUT2D eigenvalue weighted by Gasteiger charge is 2.41. The molecular formula is C16H11BrN2O4. The number of fused-ring (bicyclic) bond motifs is 1. The van der Waals surface area contributed by atoms with Crippen LogP contribution in [-0.4, -0.2) is 33.7 Å². The Morgan fingerprint density at radius 3 is 2.30 bits per heavy atom. The zero-order chi connectivity index (χ0) is 16.6. The lowest BCUT2D eigenvalue weighted by Crippen LogP contribution is -2.44. The van der Waals surface area contributed by atoms with E-state index in [0.717, 1.165) is 4.90 Å². The molecule has 23 heavy (non-hydrogen) atoms. The van der Waals surface area contributed by atoms with Crippen LogP contribution in [0.1, 0.15) is 27.6 Å². The van der Waals surface area contributed by atoms with Crippen molar-refractivity contribution < 1.29 is 19.1 Å². The fraction of sp³-hybridized carbons (Fsp3) is 0.125. The maximum absolute atomic E-state index is 12.3. The average Bonchev–Trinajstić information content (AvgIpc) is 2.81. The van der Waals surface area contributed by atoms with Crippen LogP contribution in [0.2, 0.25) is 0 Å². The van der Waals surface area contributed by atoms with Gasteiger partial charge in [-0.15, -0.1) is 0 Å². The molecule has 2 amide bonds. The SMILES string of the molecule is CC(C(=O)Oc1cccnc1Br)N1C(=O)c2ccccc2C1=O. The van der Waals surface area contributed by atoms with Crippen molar-refractivity contribution in [2.75, 3.05) is 0 Å². The maximum Gasteiger partial charge on any atom is 0.334 e. The first-order chi connectivity index (χ1) is 11.0. The van der Waals surface area contributed by atoms with Gasteiger partial charge in [0.15, 0.2) is 5.75 Å². The van der Waals surface area contributed by atoms with E-state index in [4.69, 9.17) is 4.74 Å². The molecule has 2 heterocycles. The molecule has 2 aromatic rings. The third kappa shape index (κ3) is 2.63. The Morgan fingerprint density at radius 2 is 1.74 bits per heavy atom. The molecule has 0 radical (unpaired) electrons. The number of pyridine rings is 1. The van der Waals surface area contributed by atoms with Crippen LogP contribution in [0.5, 0.6) is 5.75 Å². The first-order valence-corrected chi connectivity index (χ1v) is 7.59. The van der Waals surface area contributed by atoms with Crippen molar-refractivity contribution >= 4 is 33.7 Å². The predicted octanol–water partition coefficient (Wildman–Crippen LogP) is 2.43. The number of ether oxygens (including phenoxy) is 1. The number of rotatable bonds is 3. The second kappa shape index (κ2) is 5.92. The van der Waals surface area contributed by atoms with Gasteiger partial charge in [-0.2, -0.15) is 0 Å². The molecule has 1 unspecified atom stereocenters. The van der Waals surface area contributed by atoms with E-state index in [1.165, 1.54) is 13.1 Å². The molecule has 0 bridgehead atoms. The molecule has 0 fully saturated rings. The molecular weight excluding hydrogens is 364 g/mol. The standard InChI is InChI=1S/C16H11BrN2O4/c1-9(16(22)23-12-7-4-8-18-13(12)17)19-14(20)10-5-2-3-6-11(10)15(19)21/h2-9H,1H3. The summed E-state index contributed by atoms with van der Waals surface area (Å²) in [6.07, 6.45) is 1.54. The molecule has 1 aromatic carbocycles. The Kier molecular flexibility index (Phi) is 3.96. The van der Waals surface area contributed by atoms with Gasteiger partial charge < -0.3 is 4.74 Å². The van der Waals surface area contributed by atoms with Crippen molar-refractivity contribution in [3.8, 4) is 5.75 Å². The van der Waals surface area contributed by atoms with Gasteiger partial charge >= 0.3 is 5.97 Å². The molecule has 0 N–H and O–H groups in total. The monoisotopic (exact) mass is 374 g/mol. The minimum Gasteiger partial charge on any atom is -0.422 e. The molecule has 1 aliphatic heterocycles. The van der Waals surface area contributed by atoms with Gasteiger partial charge in [0.2, 0.25) is 0 Å². The van der Waals surface area contributed by atoms with Gasteiger partial charge in [0.25, 0.3) is 11.8 Å². The number of carbonyl (C=O) groups excluding carboxylic acids is 3. The number of halogens is 1. The summed E-state index contributed by atoms with van der Waals surface area (Å²) < 4.78 is 5.58. The number of carbonyl (C=O) groups is 3. The normalized spacial score (nSPS) is 14.6. The number of nitrogens with zero attached hydrogens (tertiary/aromatic N) is 2.